The molecule has 2 aliphatic rings. The van der Waals surface area contributed by atoms with Crippen LogP contribution in [0.1, 0.15) is 72.9 Å². The molecule has 182 valence electrons. The van der Waals surface area contributed by atoms with Gasteiger partial charge in [-0.3, -0.25) is 19.9 Å². The average molecular weight is 459 g/mol. The highest BCUT2D eigenvalue weighted by atomic mass is 16.5. The molecule has 0 aliphatic carbocycles. The average Bonchev–Trinajstić information content (AvgIpc) is 3.43. The Bertz CT molecular complexity index is 952. The Morgan fingerprint density at radius 2 is 1.76 bits per heavy atom. The highest BCUT2D eigenvalue weighted by Gasteiger charge is 2.32. The molecule has 0 radical (unpaired) electrons. The van der Waals surface area contributed by atoms with E-state index in [9.17, 15) is 4.79 Å². The smallest absolute Gasteiger partial charge is 0.248 e. The molecule has 2 aromatic rings. The van der Waals surface area contributed by atoms with Gasteiger partial charge in [0.2, 0.25) is 5.91 Å². The molecule has 2 aromatic heterocycles. The van der Waals surface area contributed by atoms with E-state index in [0.717, 1.165) is 57.0 Å². The molecular weight excluding hydrogens is 420 g/mol. The lowest BCUT2D eigenvalue weighted by Crippen LogP contribution is -2.36. The van der Waals surface area contributed by atoms with Crippen LogP contribution in [0.15, 0.2) is 0 Å². The zero-order chi connectivity index (χ0) is 23.5. The number of hydrogen-bond acceptors (Lipinski definition) is 6. The van der Waals surface area contributed by atoms with Gasteiger partial charge in [0.25, 0.3) is 0 Å². The monoisotopic (exact) mass is 458 g/mol. The molecule has 2 atom stereocenters. The Morgan fingerprint density at radius 3 is 2.48 bits per heavy atom. The van der Waals surface area contributed by atoms with Crippen molar-refractivity contribution in [3.05, 3.63) is 33.9 Å². The summed E-state index contributed by atoms with van der Waals surface area (Å²) < 4.78 is 10.4. The van der Waals surface area contributed by atoms with Crippen molar-refractivity contribution in [3.8, 4) is 0 Å². The molecule has 9 nitrogen and oxygen atoms in total. The van der Waals surface area contributed by atoms with Crippen molar-refractivity contribution in [1.29, 1.82) is 0 Å². The third-order valence-electron chi connectivity index (χ3n) is 6.99. The number of amides is 1. The molecule has 0 spiro atoms. The molecule has 2 aliphatic heterocycles. The summed E-state index contributed by atoms with van der Waals surface area (Å²) >= 11 is 0. The highest BCUT2D eigenvalue weighted by molar-refractivity contribution is 5.77. The van der Waals surface area contributed by atoms with Crippen LogP contribution in [-0.4, -0.2) is 76.6 Å². The standard InChI is InChI=1S/C24H38N6O3/c1-15(2)23-19-12-30(22(31)14-33-5)10-17(9-20(19)25-27-23)8-16(3)24-18-11-29(6-7-32-4)13-21(18)26-28-24/h15-17H,6-14H2,1-5H3,(H,25,27)(H,26,28). The van der Waals surface area contributed by atoms with Gasteiger partial charge in [-0.05, 0) is 24.7 Å². The van der Waals surface area contributed by atoms with Crippen LogP contribution >= 0.6 is 0 Å². The number of ether oxygens (including phenoxy) is 2. The lowest BCUT2D eigenvalue weighted by molar-refractivity contribution is -0.136. The fourth-order valence-electron chi connectivity index (χ4n) is 5.35. The lowest BCUT2D eigenvalue weighted by Gasteiger charge is -2.26. The van der Waals surface area contributed by atoms with E-state index in [0.29, 0.717) is 24.3 Å². The molecule has 0 saturated carbocycles. The van der Waals surface area contributed by atoms with Gasteiger partial charge in [0.05, 0.1) is 23.7 Å². The minimum atomic E-state index is 0.0355. The van der Waals surface area contributed by atoms with Gasteiger partial charge >= 0.3 is 0 Å². The summed E-state index contributed by atoms with van der Waals surface area (Å²) in [5.74, 6) is 0.965. The third kappa shape index (κ3) is 5.15. The maximum atomic E-state index is 12.8. The van der Waals surface area contributed by atoms with Gasteiger partial charge in [-0.2, -0.15) is 10.2 Å². The molecule has 4 rings (SSSR count). The molecule has 4 heterocycles. The van der Waals surface area contributed by atoms with Crippen LogP contribution in [0.25, 0.3) is 0 Å². The summed E-state index contributed by atoms with van der Waals surface area (Å²) in [6.07, 6.45) is 1.85. The predicted molar refractivity (Wildman–Crippen MR) is 125 cm³/mol. The first-order valence-electron chi connectivity index (χ1n) is 12.0. The van der Waals surface area contributed by atoms with Gasteiger partial charge in [0.15, 0.2) is 0 Å². The summed E-state index contributed by atoms with van der Waals surface area (Å²) in [7, 11) is 3.32. The summed E-state index contributed by atoms with van der Waals surface area (Å²) in [4.78, 5) is 17.2. The molecule has 2 unspecified atom stereocenters. The van der Waals surface area contributed by atoms with E-state index < -0.39 is 0 Å². The molecule has 2 N–H and O–H groups in total. The first-order valence-corrected chi connectivity index (χ1v) is 12.0. The van der Waals surface area contributed by atoms with E-state index in [-0.39, 0.29) is 12.5 Å². The SMILES string of the molecule is COCCN1Cc2[nH]nc(C(C)CC3Cc4[nH]nc(C(C)C)c4CN(C(=O)COC)C3)c2C1. The number of aromatic nitrogens is 4. The first-order chi connectivity index (χ1) is 15.9. The van der Waals surface area contributed by atoms with Crippen molar-refractivity contribution < 1.29 is 14.3 Å². The van der Waals surface area contributed by atoms with Crippen molar-refractivity contribution in [3.63, 3.8) is 0 Å². The van der Waals surface area contributed by atoms with Crippen LogP contribution in [0.3, 0.4) is 0 Å². The Morgan fingerprint density at radius 1 is 1.03 bits per heavy atom. The number of nitrogens with one attached hydrogen (secondary N) is 2. The molecule has 0 fully saturated rings. The van der Waals surface area contributed by atoms with E-state index in [1.807, 2.05) is 4.90 Å². The minimum absolute atomic E-state index is 0.0355. The van der Waals surface area contributed by atoms with Crippen LogP contribution in [0.4, 0.5) is 0 Å². The fraction of sp³-hybridized carbons (Fsp3) is 0.708. The number of hydrogen-bond donors (Lipinski definition) is 2. The first kappa shape index (κ1) is 23.9. The summed E-state index contributed by atoms with van der Waals surface area (Å²) in [6, 6.07) is 0. The number of nitrogens with zero attached hydrogens (tertiary/aromatic N) is 4. The number of carbonyl (C=O) groups is 1. The predicted octanol–water partition coefficient (Wildman–Crippen LogP) is 2.56. The second-order valence-electron chi connectivity index (χ2n) is 9.90. The zero-order valence-corrected chi connectivity index (χ0v) is 20.6. The van der Waals surface area contributed by atoms with E-state index in [1.165, 1.54) is 22.5 Å². The number of fused-ring (bicyclic) bond motifs is 2. The maximum Gasteiger partial charge on any atom is 0.248 e. The van der Waals surface area contributed by atoms with Gasteiger partial charge < -0.3 is 14.4 Å². The number of aromatic amines is 2. The molecule has 0 aromatic carbocycles. The number of H-pyrrole nitrogens is 2. The maximum absolute atomic E-state index is 12.8. The number of carbonyl (C=O) groups excluding carboxylic acids is 1. The van der Waals surface area contributed by atoms with Gasteiger partial charge in [-0.1, -0.05) is 20.8 Å². The largest absolute Gasteiger partial charge is 0.383 e. The Hall–Kier alpha value is -2.23. The van der Waals surface area contributed by atoms with Crippen molar-refractivity contribution in [2.24, 2.45) is 5.92 Å². The van der Waals surface area contributed by atoms with Gasteiger partial charge in [-0.25, -0.2) is 0 Å². The molecule has 9 heteroatoms. The Labute approximate surface area is 196 Å². The van der Waals surface area contributed by atoms with Gasteiger partial charge in [-0.15, -0.1) is 0 Å². The summed E-state index contributed by atoms with van der Waals surface area (Å²) in [6.45, 7) is 11.5. The van der Waals surface area contributed by atoms with Crippen LogP contribution < -0.4 is 0 Å². The molecule has 1 amide bonds. The lowest BCUT2D eigenvalue weighted by atomic mass is 9.88. The Balaban J connectivity index is 1.51. The van der Waals surface area contributed by atoms with Crippen LogP contribution in [0, 0.1) is 5.92 Å². The molecule has 0 bridgehead atoms. The number of rotatable bonds is 9. The normalized spacial score (nSPS) is 19.6. The summed E-state index contributed by atoms with van der Waals surface area (Å²) in [5.41, 5.74) is 7.14. The minimum Gasteiger partial charge on any atom is -0.383 e. The van der Waals surface area contributed by atoms with Crippen LogP contribution in [-0.2, 0) is 40.3 Å². The quantitative estimate of drug-likeness (QED) is 0.599. The van der Waals surface area contributed by atoms with Gasteiger partial charge in [0.1, 0.15) is 6.61 Å². The van der Waals surface area contributed by atoms with E-state index >= 15 is 0 Å². The van der Waals surface area contributed by atoms with Crippen molar-refractivity contribution >= 4 is 5.91 Å². The molecular formula is C24H38N6O3. The van der Waals surface area contributed by atoms with E-state index in [4.69, 9.17) is 14.6 Å². The second kappa shape index (κ2) is 10.4. The van der Waals surface area contributed by atoms with Crippen molar-refractivity contribution in [2.75, 3.05) is 40.5 Å². The fourth-order valence-corrected chi connectivity index (χ4v) is 5.35. The van der Waals surface area contributed by atoms with Crippen molar-refractivity contribution in [2.45, 2.75) is 65.1 Å². The number of methoxy groups -OCH3 is 2. The second-order valence-corrected chi connectivity index (χ2v) is 9.90. The van der Waals surface area contributed by atoms with E-state index in [2.05, 4.69) is 41.0 Å². The molecule has 0 saturated heterocycles. The van der Waals surface area contributed by atoms with Crippen LogP contribution in [0.5, 0.6) is 0 Å². The topological polar surface area (TPSA) is 99.4 Å². The zero-order valence-electron chi connectivity index (χ0n) is 20.6. The molecule has 33 heavy (non-hydrogen) atoms. The van der Waals surface area contributed by atoms with Crippen molar-refractivity contribution in [1.82, 2.24) is 30.2 Å². The van der Waals surface area contributed by atoms with E-state index in [1.54, 1.807) is 14.2 Å². The Kier molecular flexibility index (Phi) is 7.51. The van der Waals surface area contributed by atoms with Crippen LogP contribution in [0.2, 0.25) is 0 Å². The third-order valence-corrected chi connectivity index (χ3v) is 6.99. The van der Waals surface area contributed by atoms with Gasteiger partial charge in [0, 0.05) is 69.7 Å². The highest BCUT2D eigenvalue weighted by Crippen LogP contribution is 2.35. The summed E-state index contributed by atoms with van der Waals surface area (Å²) in [5, 5.41) is 15.8.